The Balaban J connectivity index is 1.78. The molecular weight excluding hydrogens is 322 g/mol. The van der Waals surface area contributed by atoms with E-state index in [-0.39, 0.29) is 5.91 Å². The van der Waals surface area contributed by atoms with Gasteiger partial charge in [0, 0.05) is 12.1 Å². The Hall–Kier alpha value is -3.11. The predicted octanol–water partition coefficient (Wildman–Crippen LogP) is 4.25. The van der Waals surface area contributed by atoms with Crippen LogP contribution in [-0.2, 0) is 6.54 Å². The summed E-state index contributed by atoms with van der Waals surface area (Å²) in [7, 11) is 4.03. The SMILES string of the molecule is CN(C)Cc1ccc(C(=O)Nc2cc(-c3ccccc3)ccc2N)cc1. The Labute approximate surface area is 154 Å². The van der Waals surface area contributed by atoms with Gasteiger partial charge in [0.2, 0.25) is 0 Å². The zero-order valence-electron chi connectivity index (χ0n) is 15.1. The summed E-state index contributed by atoms with van der Waals surface area (Å²) >= 11 is 0. The van der Waals surface area contributed by atoms with Crippen molar-refractivity contribution in [1.29, 1.82) is 0 Å². The molecular formula is C22H23N3O. The first kappa shape index (κ1) is 17.7. The lowest BCUT2D eigenvalue weighted by molar-refractivity contribution is 0.102. The molecule has 26 heavy (non-hydrogen) atoms. The van der Waals surface area contributed by atoms with Gasteiger partial charge < -0.3 is 16.0 Å². The van der Waals surface area contributed by atoms with E-state index in [2.05, 4.69) is 10.2 Å². The van der Waals surface area contributed by atoms with Gasteiger partial charge in [0.15, 0.2) is 0 Å². The molecule has 0 aromatic heterocycles. The van der Waals surface area contributed by atoms with E-state index in [0.29, 0.717) is 16.9 Å². The van der Waals surface area contributed by atoms with E-state index in [1.807, 2.05) is 86.9 Å². The maximum absolute atomic E-state index is 12.6. The molecule has 0 bridgehead atoms. The van der Waals surface area contributed by atoms with Crippen molar-refractivity contribution < 1.29 is 4.79 Å². The zero-order valence-corrected chi connectivity index (χ0v) is 15.1. The van der Waals surface area contributed by atoms with Gasteiger partial charge >= 0.3 is 0 Å². The van der Waals surface area contributed by atoms with Crippen LogP contribution >= 0.6 is 0 Å². The molecule has 0 aliphatic heterocycles. The van der Waals surface area contributed by atoms with Crippen molar-refractivity contribution >= 4 is 17.3 Å². The third kappa shape index (κ3) is 4.29. The van der Waals surface area contributed by atoms with Crippen LogP contribution in [0.1, 0.15) is 15.9 Å². The summed E-state index contributed by atoms with van der Waals surface area (Å²) in [4.78, 5) is 14.7. The molecule has 3 aromatic rings. The van der Waals surface area contributed by atoms with Crippen molar-refractivity contribution in [2.24, 2.45) is 0 Å². The van der Waals surface area contributed by atoms with Gasteiger partial charge in [0.05, 0.1) is 11.4 Å². The third-order valence-electron chi connectivity index (χ3n) is 4.12. The molecule has 0 saturated heterocycles. The maximum atomic E-state index is 12.6. The van der Waals surface area contributed by atoms with E-state index < -0.39 is 0 Å². The molecule has 3 N–H and O–H groups in total. The molecule has 3 aromatic carbocycles. The molecule has 4 heteroatoms. The first-order valence-corrected chi connectivity index (χ1v) is 8.53. The fourth-order valence-corrected chi connectivity index (χ4v) is 2.80. The number of nitrogens with zero attached hydrogens (tertiary/aromatic N) is 1. The van der Waals surface area contributed by atoms with E-state index in [1.165, 1.54) is 0 Å². The fraction of sp³-hybridized carbons (Fsp3) is 0.136. The monoisotopic (exact) mass is 345 g/mol. The van der Waals surface area contributed by atoms with Gasteiger partial charge in [0.1, 0.15) is 0 Å². The van der Waals surface area contributed by atoms with Crippen LogP contribution in [-0.4, -0.2) is 24.9 Å². The summed E-state index contributed by atoms with van der Waals surface area (Å²) in [5, 5.41) is 2.92. The van der Waals surface area contributed by atoms with Crippen LogP contribution in [0.25, 0.3) is 11.1 Å². The third-order valence-corrected chi connectivity index (χ3v) is 4.12. The molecule has 0 heterocycles. The topological polar surface area (TPSA) is 58.4 Å². The summed E-state index contributed by atoms with van der Waals surface area (Å²) in [5.41, 5.74) is 11.1. The maximum Gasteiger partial charge on any atom is 0.255 e. The Bertz CT molecular complexity index is 887. The smallest absolute Gasteiger partial charge is 0.255 e. The summed E-state index contributed by atoms with van der Waals surface area (Å²) in [6.45, 7) is 0.841. The minimum atomic E-state index is -0.168. The number of anilines is 2. The van der Waals surface area contributed by atoms with Crippen LogP contribution in [0.4, 0.5) is 11.4 Å². The number of hydrogen-bond acceptors (Lipinski definition) is 3. The minimum absolute atomic E-state index is 0.168. The quantitative estimate of drug-likeness (QED) is 0.680. The number of benzene rings is 3. The normalized spacial score (nSPS) is 10.7. The molecule has 0 atom stereocenters. The number of carbonyl (C=O) groups is 1. The lowest BCUT2D eigenvalue weighted by Crippen LogP contribution is -2.14. The molecule has 0 aliphatic carbocycles. The predicted molar refractivity (Wildman–Crippen MR) is 108 cm³/mol. The summed E-state index contributed by atoms with van der Waals surface area (Å²) in [6, 6.07) is 23.3. The Kier molecular flexibility index (Phi) is 5.34. The number of rotatable bonds is 5. The molecule has 0 spiro atoms. The lowest BCUT2D eigenvalue weighted by Gasteiger charge is -2.12. The summed E-state index contributed by atoms with van der Waals surface area (Å²) < 4.78 is 0. The van der Waals surface area contributed by atoms with Crippen LogP contribution in [0.15, 0.2) is 72.8 Å². The largest absolute Gasteiger partial charge is 0.397 e. The Morgan fingerprint density at radius 3 is 2.27 bits per heavy atom. The first-order valence-electron chi connectivity index (χ1n) is 8.53. The van der Waals surface area contributed by atoms with Gasteiger partial charge in [-0.05, 0) is 55.1 Å². The first-order chi connectivity index (χ1) is 12.5. The highest BCUT2D eigenvalue weighted by Gasteiger charge is 2.10. The van der Waals surface area contributed by atoms with Crippen molar-refractivity contribution in [3.05, 3.63) is 83.9 Å². The van der Waals surface area contributed by atoms with Crippen molar-refractivity contribution in [3.63, 3.8) is 0 Å². The van der Waals surface area contributed by atoms with E-state index in [4.69, 9.17) is 5.73 Å². The van der Waals surface area contributed by atoms with E-state index in [1.54, 1.807) is 0 Å². The molecule has 132 valence electrons. The highest BCUT2D eigenvalue weighted by Crippen LogP contribution is 2.27. The number of nitrogen functional groups attached to an aromatic ring is 1. The molecule has 0 saturated carbocycles. The standard InChI is InChI=1S/C22H23N3O/c1-25(2)15-16-8-10-18(11-9-16)22(26)24-21-14-19(12-13-20(21)23)17-6-4-3-5-7-17/h3-14H,15,23H2,1-2H3,(H,24,26). The van der Waals surface area contributed by atoms with E-state index in [9.17, 15) is 4.79 Å². The second kappa shape index (κ2) is 7.85. The number of nitrogens with one attached hydrogen (secondary N) is 1. The van der Waals surface area contributed by atoms with Crippen LogP contribution in [0.5, 0.6) is 0 Å². The fourth-order valence-electron chi connectivity index (χ4n) is 2.80. The van der Waals surface area contributed by atoms with Crippen LogP contribution in [0.2, 0.25) is 0 Å². The highest BCUT2D eigenvalue weighted by molar-refractivity contribution is 6.06. The van der Waals surface area contributed by atoms with Gasteiger partial charge in [-0.3, -0.25) is 4.79 Å². The average molecular weight is 345 g/mol. The molecule has 0 fully saturated rings. The van der Waals surface area contributed by atoms with Gasteiger partial charge in [-0.15, -0.1) is 0 Å². The van der Waals surface area contributed by atoms with Gasteiger partial charge in [-0.2, -0.15) is 0 Å². The average Bonchev–Trinajstić information content (AvgIpc) is 2.64. The van der Waals surface area contributed by atoms with Gasteiger partial charge in [0.25, 0.3) is 5.91 Å². The number of hydrogen-bond donors (Lipinski definition) is 2. The number of carbonyl (C=O) groups excluding carboxylic acids is 1. The van der Waals surface area contributed by atoms with Crippen molar-refractivity contribution in [1.82, 2.24) is 4.90 Å². The molecule has 0 radical (unpaired) electrons. The second-order valence-corrected chi connectivity index (χ2v) is 6.56. The van der Waals surface area contributed by atoms with Crippen LogP contribution < -0.4 is 11.1 Å². The number of amides is 1. The highest BCUT2D eigenvalue weighted by atomic mass is 16.1. The summed E-state index contributed by atoms with van der Waals surface area (Å²) in [5.74, 6) is -0.168. The van der Waals surface area contributed by atoms with Crippen molar-refractivity contribution in [2.75, 3.05) is 25.1 Å². The van der Waals surface area contributed by atoms with Gasteiger partial charge in [-0.25, -0.2) is 0 Å². The molecule has 0 aliphatic rings. The van der Waals surface area contributed by atoms with Crippen molar-refractivity contribution in [3.8, 4) is 11.1 Å². The molecule has 0 unspecified atom stereocenters. The van der Waals surface area contributed by atoms with E-state index >= 15 is 0 Å². The Morgan fingerprint density at radius 2 is 1.62 bits per heavy atom. The zero-order chi connectivity index (χ0) is 18.5. The molecule has 1 amide bonds. The van der Waals surface area contributed by atoms with Gasteiger partial charge in [-0.1, -0.05) is 48.5 Å². The van der Waals surface area contributed by atoms with Crippen LogP contribution in [0, 0.1) is 0 Å². The Morgan fingerprint density at radius 1 is 0.923 bits per heavy atom. The molecule has 3 rings (SSSR count). The number of nitrogens with two attached hydrogens (primary N) is 1. The van der Waals surface area contributed by atoms with Crippen LogP contribution in [0.3, 0.4) is 0 Å². The minimum Gasteiger partial charge on any atom is -0.397 e. The van der Waals surface area contributed by atoms with E-state index in [0.717, 1.165) is 23.2 Å². The second-order valence-electron chi connectivity index (χ2n) is 6.56. The summed E-state index contributed by atoms with van der Waals surface area (Å²) in [6.07, 6.45) is 0. The molecule has 4 nitrogen and oxygen atoms in total. The van der Waals surface area contributed by atoms with Crippen molar-refractivity contribution in [2.45, 2.75) is 6.54 Å². The lowest BCUT2D eigenvalue weighted by atomic mass is 10.0.